The first-order valence-electron chi connectivity index (χ1n) is 7.69. The van der Waals surface area contributed by atoms with Crippen molar-refractivity contribution < 1.29 is 9.53 Å². The lowest BCUT2D eigenvalue weighted by molar-refractivity contribution is 0.0788. The van der Waals surface area contributed by atoms with Gasteiger partial charge in [0.05, 0.1) is 6.10 Å². The molecule has 1 atom stereocenters. The second kappa shape index (κ2) is 8.53. The third-order valence-electron chi connectivity index (χ3n) is 3.49. The van der Waals surface area contributed by atoms with Crippen molar-refractivity contribution in [1.82, 2.24) is 4.90 Å². The minimum absolute atomic E-state index is 0.0223. The Morgan fingerprint density at radius 2 is 1.91 bits per heavy atom. The highest BCUT2D eigenvalue weighted by atomic mass is 79.9. The normalized spacial score (nSPS) is 12.6. The van der Waals surface area contributed by atoms with Crippen molar-refractivity contribution >= 4 is 21.8 Å². The fourth-order valence-electron chi connectivity index (χ4n) is 2.02. The number of nitrogens with zero attached hydrogens (tertiary/aromatic N) is 1. The molecule has 0 saturated heterocycles. The molecule has 1 aromatic rings. The van der Waals surface area contributed by atoms with Crippen molar-refractivity contribution in [2.45, 2.75) is 46.3 Å². The first-order chi connectivity index (χ1) is 10.2. The zero-order valence-corrected chi connectivity index (χ0v) is 15.7. The van der Waals surface area contributed by atoms with E-state index in [1.54, 1.807) is 18.0 Å². The number of hydrogen-bond acceptors (Lipinski definition) is 3. The number of ether oxygens (including phenoxy) is 1. The third-order valence-corrected chi connectivity index (χ3v) is 3.95. The molecule has 1 amide bonds. The maximum atomic E-state index is 12.5. The fraction of sp³-hybridized carbons (Fsp3) is 0.588. The second-order valence-electron chi connectivity index (χ2n) is 6.27. The van der Waals surface area contributed by atoms with Gasteiger partial charge in [-0.15, -0.1) is 0 Å². The monoisotopic (exact) mass is 370 g/mol. The SMILES string of the molecule is CC(C)Oc1cc(Br)cc(C(=O)N(C)CCC(N)C(C)C)c1. The molecule has 0 aliphatic rings. The Morgan fingerprint density at radius 3 is 2.45 bits per heavy atom. The topological polar surface area (TPSA) is 55.6 Å². The van der Waals surface area contributed by atoms with Crippen LogP contribution in [0.2, 0.25) is 0 Å². The highest BCUT2D eigenvalue weighted by Gasteiger charge is 2.16. The van der Waals surface area contributed by atoms with Crippen molar-refractivity contribution in [3.8, 4) is 5.75 Å². The van der Waals surface area contributed by atoms with Gasteiger partial charge in [0, 0.05) is 29.7 Å². The maximum Gasteiger partial charge on any atom is 0.253 e. The van der Waals surface area contributed by atoms with E-state index in [1.807, 2.05) is 26.0 Å². The van der Waals surface area contributed by atoms with Gasteiger partial charge in [-0.1, -0.05) is 29.8 Å². The van der Waals surface area contributed by atoms with Crippen LogP contribution in [0, 0.1) is 5.92 Å². The zero-order valence-electron chi connectivity index (χ0n) is 14.1. The average molecular weight is 371 g/mol. The number of nitrogens with two attached hydrogens (primary N) is 1. The minimum atomic E-state index is -0.0223. The van der Waals surface area contributed by atoms with Crippen LogP contribution < -0.4 is 10.5 Å². The number of carbonyl (C=O) groups is 1. The molecule has 4 nitrogen and oxygen atoms in total. The summed E-state index contributed by atoms with van der Waals surface area (Å²) in [6.45, 7) is 8.75. The minimum Gasteiger partial charge on any atom is -0.491 e. The smallest absolute Gasteiger partial charge is 0.253 e. The Balaban J connectivity index is 2.77. The molecule has 0 fully saturated rings. The van der Waals surface area contributed by atoms with Crippen LogP contribution in [0.5, 0.6) is 5.75 Å². The molecule has 1 rings (SSSR count). The highest BCUT2D eigenvalue weighted by Crippen LogP contribution is 2.23. The molecule has 0 saturated carbocycles. The largest absolute Gasteiger partial charge is 0.491 e. The molecule has 1 unspecified atom stereocenters. The van der Waals surface area contributed by atoms with Gasteiger partial charge in [-0.2, -0.15) is 0 Å². The van der Waals surface area contributed by atoms with Gasteiger partial charge >= 0.3 is 0 Å². The summed E-state index contributed by atoms with van der Waals surface area (Å²) in [7, 11) is 1.80. The molecule has 0 radical (unpaired) electrons. The lowest BCUT2D eigenvalue weighted by atomic mass is 10.0. The van der Waals surface area contributed by atoms with Crippen LogP contribution >= 0.6 is 15.9 Å². The fourth-order valence-corrected chi connectivity index (χ4v) is 2.50. The Hall–Kier alpha value is -1.07. The van der Waals surface area contributed by atoms with E-state index < -0.39 is 0 Å². The van der Waals surface area contributed by atoms with E-state index in [0.29, 0.717) is 23.8 Å². The lowest BCUT2D eigenvalue weighted by Crippen LogP contribution is -2.34. The molecule has 0 spiro atoms. The molecule has 2 N–H and O–H groups in total. The van der Waals surface area contributed by atoms with Gasteiger partial charge in [0.15, 0.2) is 0 Å². The molecule has 22 heavy (non-hydrogen) atoms. The number of rotatable bonds is 7. The maximum absolute atomic E-state index is 12.5. The van der Waals surface area contributed by atoms with Gasteiger partial charge in [-0.05, 0) is 44.4 Å². The predicted octanol–water partition coefficient (Wildman–Crippen LogP) is 3.68. The Kier molecular flexibility index (Phi) is 7.36. The number of halogens is 1. The molecular formula is C17H27BrN2O2. The van der Waals surface area contributed by atoms with E-state index in [1.165, 1.54) is 0 Å². The average Bonchev–Trinajstić information content (AvgIpc) is 2.41. The quantitative estimate of drug-likeness (QED) is 0.796. The number of benzene rings is 1. The summed E-state index contributed by atoms with van der Waals surface area (Å²) in [4.78, 5) is 14.2. The highest BCUT2D eigenvalue weighted by molar-refractivity contribution is 9.10. The molecule has 0 aliphatic heterocycles. The molecule has 0 heterocycles. The van der Waals surface area contributed by atoms with Gasteiger partial charge in [0.25, 0.3) is 5.91 Å². The van der Waals surface area contributed by atoms with Gasteiger partial charge in [0.1, 0.15) is 5.75 Å². The van der Waals surface area contributed by atoms with Crippen LogP contribution in [-0.4, -0.2) is 36.5 Å². The van der Waals surface area contributed by atoms with Gasteiger partial charge in [-0.25, -0.2) is 0 Å². The number of hydrogen-bond donors (Lipinski definition) is 1. The van der Waals surface area contributed by atoms with E-state index >= 15 is 0 Å². The molecular weight excluding hydrogens is 344 g/mol. The molecule has 0 aromatic heterocycles. The third kappa shape index (κ3) is 5.97. The molecule has 0 bridgehead atoms. The summed E-state index contributed by atoms with van der Waals surface area (Å²) < 4.78 is 6.51. The summed E-state index contributed by atoms with van der Waals surface area (Å²) in [5.74, 6) is 1.09. The summed E-state index contributed by atoms with van der Waals surface area (Å²) in [5, 5.41) is 0. The van der Waals surface area contributed by atoms with Crippen LogP contribution in [0.3, 0.4) is 0 Å². The Bertz CT molecular complexity index is 503. The summed E-state index contributed by atoms with van der Waals surface area (Å²) in [6, 6.07) is 5.57. The van der Waals surface area contributed by atoms with Gasteiger partial charge in [-0.3, -0.25) is 4.79 Å². The van der Waals surface area contributed by atoms with Crippen LogP contribution in [0.1, 0.15) is 44.5 Å². The van der Waals surface area contributed by atoms with Crippen LogP contribution in [-0.2, 0) is 0 Å². The van der Waals surface area contributed by atoms with Gasteiger partial charge < -0.3 is 15.4 Å². The van der Waals surface area contributed by atoms with Crippen molar-refractivity contribution in [2.24, 2.45) is 11.7 Å². The van der Waals surface area contributed by atoms with Crippen molar-refractivity contribution in [2.75, 3.05) is 13.6 Å². The first-order valence-corrected chi connectivity index (χ1v) is 8.48. The zero-order chi connectivity index (χ0) is 16.9. The van der Waals surface area contributed by atoms with Crippen LogP contribution in [0.25, 0.3) is 0 Å². The van der Waals surface area contributed by atoms with Crippen LogP contribution in [0.4, 0.5) is 0 Å². The lowest BCUT2D eigenvalue weighted by Gasteiger charge is -2.22. The molecule has 5 heteroatoms. The van der Waals surface area contributed by atoms with Crippen molar-refractivity contribution in [3.63, 3.8) is 0 Å². The van der Waals surface area contributed by atoms with E-state index in [9.17, 15) is 4.79 Å². The predicted molar refractivity (Wildman–Crippen MR) is 94.3 cm³/mol. The Labute approximate surface area is 142 Å². The number of carbonyl (C=O) groups excluding carboxylic acids is 1. The van der Waals surface area contributed by atoms with Gasteiger partial charge in [0.2, 0.25) is 0 Å². The van der Waals surface area contributed by atoms with E-state index in [2.05, 4.69) is 29.8 Å². The summed E-state index contributed by atoms with van der Waals surface area (Å²) in [6.07, 6.45) is 0.863. The Morgan fingerprint density at radius 1 is 1.27 bits per heavy atom. The van der Waals surface area contributed by atoms with E-state index in [4.69, 9.17) is 10.5 Å². The van der Waals surface area contributed by atoms with E-state index in [-0.39, 0.29) is 18.1 Å². The standard InChI is InChI=1S/C17H27BrN2O2/c1-11(2)16(19)6-7-20(5)17(21)13-8-14(18)10-15(9-13)22-12(3)4/h8-12,16H,6-7,19H2,1-5H3. The van der Waals surface area contributed by atoms with Crippen molar-refractivity contribution in [1.29, 1.82) is 0 Å². The van der Waals surface area contributed by atoms with E-state index in [0.717, 1.165) is 10.9 Å². The van der Waals surface area contributed by atoms with Crippen molar-refractivity contribution in [3.05, 3.63) is 28.2 Å². The first kappa shape index (κ1) is 19.0. The molecule has 0 aliphatic carbocycles. The van der Waals surface area contributed by atoms with Crippen LogP contribution in [0.15, 0.2) is 22.7 Å². The molecule has 124 valence electrons. The number of amides is 1. The molecule has 1 aromatic carbocycles. The summed E-state index contributed by atoms with van der Waals surface area (Å²) in [5.41, 5.74) is 6.66. The summed E-state index contributed by atoms with van der Waals surface area (Å²) >= 11 is 3.43. The second-order valence-corrected chi connectivity index (χ2v) is 7.18.